The first kappa shape index (κ1) is 18.1. The molecule has 2 amide bonds. The molecule has 3 heterocycles. The van der Waals surface area contributed by atoms with Crippen LogP contribution in [0.25, 0.3) is 11.1 Å². The third kappa shape index (κ3) is 3.11. The lowest BCUT2D eigenvalue weighted by molar-refractivity contribution is -0.121. The second-order valence-corrected chi connectivity index (χ2v) is 6.87. The maximum absolute atomic E-state index is 14.1. The van der Waals surface area contributed by atoms with E-state index in [9.17, 15) is 14.0 Å². The van der Waals surface area contributed by atoms with E-state index in [-0.39, 0.29) is 17.3 Å². The summed E-state index contributed by atoms with van der Waals surface area (Å²) in [6.07, 6.45) is 1.15. The third-order valence-electron chi connectivity index (χ3n) is 4.88. The normalized spacial score (nSPS) is 17.2. The number of pyridine rings is 1. The van der Waals surface area contributed by atoms with Gasteiger partial charge in [-0.15, -0.1) is 0 Å². The highest BCUT2D eigenvalue weighted by Gasteiger charge is 2.32. The summed E-state index contributed by atoms with van der Waals surface area (Å²) >= 11 is 0. The van der Waals surface area contributed by atoms with Gasteiger partial charge in [0.15, 0.2) is 0 Å². The van der Waals surface area contributed by atoms with Crippen molar-refractivity contribution >= 4 is 28.6 Å². The number of aryl methyl sites for hydroxylation is 2. The number of halogens is 1. The predicted molar refractivity (Wildman–Crippen MR) is 101 cm³/mol. The van der Waals surface area contributed by atoms with Gasteiger partial charge in [-0.3, -0.25) is 9.59 Å². The molecule has 2 aromatic heterocycles. The molecule has 1 aromatic carbocycles. The van der Waals surface area contributed by atoms with Crippen molar-refractivity contribution in [3.05, 3.63) is 53.1 Å². The third-order valence-corrected chi connectivity index (χ3v) is 4.88. The number of carbonyl (C=O) groups excluding carboxylic acids is 2. The van der Waals surface area contributed by atoms with Crippen molar-refractivity contribution in [2.24, 2.45) is 0 Å². The van der Waals surface area contributed by atoms with Gasteiger partial charge in [0.05, 0.1) is 22.3 Å². The Bertz CT molecular complexity index is 1080. The lowest BCUT2D eigenvalue weighted by Crippen LogP contribution is -2.52. The Hall–Kier alpha value is -3.29. The van der Waals surface area contributed by atoms with Gasteiger partial charge in [-0.2, -0.15) is 0 Å². The summed E-state index contributed by atoms with van der Waals surface area (Å²) in [4.78, 5) is 31.5. The molecule has 0 bridgehead atoms. The first-order chi connectivity index (χ1) is 13.5. The van der Waals surface area contributed by atoms with Crippen LogP contribution in [0.15, 0.2) is 34.9 Å². The molecule has 0 spiro atoms. The van der Waals surface area contributed by atoms with E-state index in [1.54, 1.807) is 38.1 Å². The lowest BCUT2D eigenvalue weighted by atomic mass is 10.0. The summed E-state index contributed by atoms with van der Waals surface area (Å²) < 4.78 is 19.3. The van der Waals surface area contributed by atoms with Crippen molar-refractivity contribution in [1.29, 1.82) is 0 Å². The fourth-order valence-corrected chi connectivity index (χ4v) is 3.55. The van der Waals surface area contributed by atoms with Crippen LogP contribution in [0, 0.1) is 19.7 Å². The fourth-order valence-electron chi connectivity index (χ4n) is 3.55. The molecule has 1 aliphatic heterocycles. The van der Waals surface area contributed by atoms with Gasteiger partial charge in [0.25, 0.3) is 11.6 Å². The Balaban J connectivity index is 1.61. The van der Waals surface area contributed by atoms with Gasteiger partial charge in [0.1, 0.15) is 11.9 Å². The van der Waals surface area contributed by atoms with Crippen molar-refractivity contribution in [1.82, 2.24) is 15.5 Å². The molecule has 0 aliphatic carbocycles. The van der Waals surface area contributed by atoms with E-state index in [1.807, 2.05) is 0 Å². The van der Waals surface area contributed by atoms with Crippen molar-refractivity contribution in [2.75, 3.05) is 11.4 Å². The van der Waals surface area contributed by atoms with Gasteiger partial charge in [-0.05, 0) is 44.9 Å². The first-order valence-electron chi connectivity index (χ1n) is 9.06. The quantitative estimate of drug-likeness (QED) is 0.752. The van der Waals surface area contributed by atoms with Gasteiger partial charge in [0, 0.05) is 12.2 Å². The molecule has 144 valence electrons. The summed E-state index contributed by atoms with van der Waals surface area (Å²) in [7, 11) is 0. The smallest absolute Gasteiger partial charge is 0.258 e. The molecule has 4 rings (SSSR count). The Morgan fingerprint density at radius 2 is 2.11 bits per heavy atom. The van der Waals surface area contributed by atoms with Crippen LogP contribution >= 0.6 is 0 Å². The van der Waals surface area contributed by atoms with E-state index < -0.39 is 17.8 Å². The number of para-hydroxylation sites is 1. The van der Waals surface area contributed by atoms with Crippen molar-refractivity contribution < 1.29 is 18.5 Å². The van der Waals surface area contributed by atoms with E-state index in [4.69, 9.17) is 4.52 Å². The van der Waals surface area contributed by atoms with Crippen molar-refractivity contribution in [3.63, 3.8) is 0 Å². The Labute approximate surface area is 160 Å². The van der Waals surface area contributed by atoms with Crippen LogP contribution < -0.4 is 10.2 Å². The zero-order valence-corrected chi connectivity index (χ0v) is 15.5. The van der Waals surface area contributed by atoms with Crippen molar-refractivity contribution in [2.45, 2.75) is 32.7 Å². The summed E-state index contributed by atoms with van der Waals surface area (Å²) in [6, 6.07) is 7.04. The molecule has 3 aromatic rings. The fraction of sp³-hybridized carbons (Fsp3) is 0.300. The van der Waals surface area contributed by atoms with Crippen LogP contribution in [0.4, 0.5) is 10.1 Å². The Kier molecular flexibility index (Phi) is 4.54. The second-order valence-electron chi connectivity index (χ2n) is 6.87. The Morgan fingerprint density at radius 1 is 1.32 bits per heavy atom. The number of amides is 2. The molecule has 28 heavy (non-hydrogen) atoms. The summed E-state index contributed by atoms with van der Waals surface area (Å²) in [5.74, 6) is -1.20. The van der Waals surface area contributed by atoms with Gasteiger partial charge < -0.3 is 14.7 Å². The second kappa shape index (κ2) is 7.03. The van der Waals surface area contributed by atoms with E-state index in [2.05, 4.69) is 15.5 Å². The summed E-state index contributed by atoms with van der Waals surface area (Å²) in [5, 5.41) is 7.18. The van der Waals surface area contributed by atoms with E-state index in [0.717, 1.165) is 0 Å². The molecule has 7 nitrogen and oxygen atoms in total. The van der Waals surface area contributed by atoms with Crippen LogP contribution in [-0.4, -0.2) is 34.5 Å². The zero-order valence-electron chi connectivity index (χ0n) is 15.5. The maximum atomic E-state index is 14.1. The molecule has 8 heteroatoms. The first-order valence-corrected chi connectivity index (χ1v) is 9.06. The molecular weight excluding hydrogens is 363 g/mol. The minimum Gasteiger partial charge on any atom is -0.340 e. The van der Waals surface area contributed by atoms with Crippen LogP contribution in [-0.2, 0) is 4.79 Å². The number of fused-ring (bicyclic) bond motifs is 1. The van der Waals surface area contributed by atoms with Crippen LogP contribution in [0.2, 0.25) is 0 Å². The molecule has 1 N–H and O–H groups in total. The summed E-state index contributed by atoms with van der Waals surface area (Å²) in [6.45, 7) is 3.89. The van der Waals surface area contributed by atoms with E-state index in [1.165, 1.54) is 11.0 Å². The number of nitrogens with zero attached hydrogens (tertiary/aromatic N) is 3. The highest BCUT2D eigenvalue weighted by molar-refractivity contribution is 6.08. The number of hydrogen-bond donors (Lipinski definition) is 1. The topological polar surface area (TPSA) is 88.3 Å². The minimum absolute atomic E-state index is 0.225. The molecule has 1 unspecified atom stereocenters. The van der Waals surface area contributed by atoms with Crippen molar-refractivity contribution in [3.8, 4) is 0 Å². The number of carbonyl (C=O) groups is 2. The molecule has 1 atom stereocenters. The molecule has 1 fully saturated rings. The number of aromatic nitrogens is 2. The van der Waals surface area contributed by atoms with E-state index in [0.29, 0.717) is 41.7 Å². The number of benzene rings is 1. The number of anilines is 1. The standard InChI is InChI=1S/C20H19FN4O3/c1-11-10-13(17-12(2)24-28-19(17)22-11)18(26)23-15-7-5-9-25(20(15)27)16-8-4-3-6-14(16)21/h3-4,6,8,10,15H,5,7,9H2,1-2H3,(H,23,26). The largest absolute Gasteiger partial charge is 0.340 e. The molecule has 1 saturated heterocycles. The molecule has 1 aliphatic rings. The SMILES string of the molecule is Cc1cc(C(=O)NC2CCCN(c3ccccc3F)C2=O)c2c(C)noc2n1. The average molecular weight is 382 g/mol. The predicted octanol–water partition coefficient (Wildman–Crippen LogP) is 2.90. The minimum atomic E-state index is -0.732. The van der Waals surface area contributed by atoms with Gasteiger partial charge in [-0.25, -0.2) is 9.37 Å². The molecule has 0 saturated carbocycles. The van der Waals surface area contributed by atoms with Gasteiger partial charge >= 0.3 is 0 Å². The monoisotopic (exact) mass is 382 g/mol. The average Bonchev–Trinajstić information content (AvgIpc) is 3.04. The van der Waals surface area contributed by atoms with Crippen LogP contribution in [0.5, 0.6) is 0 Å². The van der Waals surface area contributed by atoms with Crippen LogP contribution in [0.3, 0.4) is 0 Å². The van der Waals surface area contributed by atoms with Crippen LogP contribution in [0.1, 0.15) is 34.6 Å². The summed E-state index contributed by atoms with van der Waals surface area (Å²) in [5.41, 5.74) is 2.03. The highest BCUT2D eigenvalue weighted by Crippen LogP contribution is 2.25. The lowest BCUT2D eigenvalue weighted by Gasteiger charge is -2.32. The highest BCUT2D eigenvalue weighted by atomic mass is 19.1. The van der Waals surface area contributed by atoms with E-state index >= 15 is 0 Å². The number of rotatable bonds is 3. The molecule has 0 radical (unpaired) electrons. The number of hydrogen-bond acceptors (Lipinski definition) is 5. The zero-order chi connectivity index (χ0) is 19.8. The Morgan fingerprint density at radius 3 is 2.89 bits per heavy atom. The van der Waals surface area contributed by atoms with Gasteiger partial charge in [0.2, 0.25) is 5.91 Å². The number of piperidine rings is 1. The maximum Gasteiger partial charge on any atom is 0.258 e. The van der Waals surface area contributed by atoms with Gasteiger partial charge in [-0.1, -0.05) is 17.3 Å². The molecular formula is C20H19FN4O3. The number of nitrogens with one attached hydrogen (secondary N) is 1.